The molecular formula is C27H39NO3S. The summed E-state index contributed by atoms with van der Waals surface area (Å²) in [6.45, 7) is 7.68. The molecule has 2 aromatic carbocycles. The van der Waals surface area contributed by atoms with Crippen molar-refractivity contribution in [3.63, 3.8) is 0 Å². The van der Waals surface area contributed by atoms with Gasteiger partial charge in [0.2, 0.25) is 0 Å². The van der Waals surface area contributed by atoms with Crippen LogP contribution < -0.4 is 4.72 Å². The molecule has 4 rings (SSSR count). The summed E-state index contributed by atoms with van der Waals surface area (Å²) in [6.07, 6.45) is 8.48. The van der Waals surface area contributed by atoms with Crippen molar-refractivity contribution in [2.75, 3.05) is 13.2 Å². The SMILES string of the molecule is CC(C)(C)[S+]([O-])N[C@H](CCC1OCCCO1)C1(c2ccc3ccccc3c2)CCCCC1. The summed E-state index contributed by atoms with van der Waals surface area (Å²) < 4.78 is 28.3. The summed E-state index contributed by atoms with van der Waals surface area (Å²) in [5, 5.41) is 2.55. The van der Waals surface area contributed by atoms with Gasteiger partial charge in [0.05, 0.1) is 19.3 Å². The van der Waals surface area contributed by atoms with Gasteiger partial charge in [-0.1, -0.05) is 61.7 Å². The molecule has 0 bridgehead atoms. The Morgan fingerprint density at radius 3 is 2.38 bits per heavy atom. The van der Waals surface area contributed by atoms with Crippen molar-refractivity contribution in [2.45, 2.75) is 94.6 Å². The van der Waals surface area contributed by atoms with Crippen LogP contribution in [-0.2, 0) is 26.3 Å². The highest BCUT2D eigenvalue weighted by molar-refractivity contribution is 7.90. The Hall–Kier alpha value is -1.11. The summed E-state index contributed by atoms with van der Waals surface area (Å²) in [7, 11) is 0. The van der Waals surface area contributed by atoms with Crippen molar-refractivity contribution < 1.29 is 14.0 Å². The normalized spacial score (nSPS) is 22.0. The molecule has 5 heteroatoms. The Morgan fingerprint density at radius 2 is 1.69 bits per heavy atom. The number of hydrogen-bond acceptors (Lipinski definition) is 4. The largest absolute Gasteiger partial charge is 0.598 e. The lowest BCUT2D eigenvalue weighted by Gasteiger charge is -2.45. The number of rotatable bonds is 7. The van der Waals surface area contributed by atoms with Crippen molar-refractivity contribution in [1.82, 2.24) is 4.72 Å². The first-order valence-corrected chi connectivity index (χ1v) is 13.4. The van der Waals surface area contributed by atoms with Gasteiger partial charge in [0, 0.05) is 23.2 Å². The standard InChI is InChI=1S/C27H39NO3S/c1-26(2,3)32(29)28-24(14-15-25-30-18-9-19-31-25)27(16-7-4-8-17-27)23-13-12-21-10-5-6-11-22(21)20-23/h5-6,10-13,20,24-25,28H,4,7-9,14-19H2,1-3H3/t24-,32?/m1/s1. The zero-order valence-electron chi connectivity index (χ0n) is 19.9. The van der Waals surface area contributed by atoms with E-state index in [4.69, 9.17) is 9.47 Å². The summed E-state index contributed by atoms with van der Waals surface area (Å²) in [5.74, 6) is 0. The van der Waals surface area contributed by atoms with Gasteiger partial charge >= 0.3 is 0 Å². The van der Waals surface area contributed by atoms with Crippen molar-refractivity contribution >= 4 is 22.1 Å². The molecule has 2 fully saturated rings. The van der Waals surface area contributed by atoms with E-state index >= 15 is 0 Å². The van der Waals surface area contributed by atoms with E-state index in [0.717, 1.165) is 45.3 Å². The van der Waals surface area contributed by atoms with Gasteiger partial charge in [-0.15, -0.1) is 4.72 Å². The third-order valence-corrected chi connectivity index (χ3v) is 8.74. The van der Waals surface area contributed by atoms with E-state index < -0.39 is 11.4 Å². The molecule has 4 nitrogen and oxygen atoms in total. The lowest BCUT2D eigenvalue weighted by molar-refractivity contribution is -0.182. The maximum absolute atomic E-state index is 13.3. The first kappa shape index (κ1) is 24.0. The van der Waals surface area contributed by atoms with Crippen LogP contribution in [-0.4, -0.2) is 34.8 Å². The number of benzene rings is 2. The highest BCUT2D eigenvalue weighted by atomic mass is 32.2. The Morgan fingerprint density at radius 1 is 1.00 bits per heavy atom. The van der Waals surface area contributed by atoms with Crippen molar-refractivity contribution in [1.29, 1.82) is 0 Å². The van der Waals surface area contributed by atoms with Crippen molar-refractivity contribution in [3.8, 4) is 0 Å². The molecule has 0 aromatic heterocycles. The molecule has 0 amide bonds. The minimum atomic E-state index is -1.13. The predicted molar refractivity (Wildman–Crippen MR) is 133 cm³/mol. The molecule has 1 N–H and O–H groups in total. The average Bonchev–Trinajstić information content (AvgIpc) is 2.81. The van der Waals surface area contributed by atoms with Crippen LogP contribution in [0.2, 0.25) is 0 Å². The van der Waals surface area contributed by atoms with Crippen LogP contribution in [0.25, 0.3) is 10.8 Å². The fraction of sp³-hybridized carbons (Fsp3) is 0.630. The van der Waals surface area contributed by atoms with E-state index in [2.05, 4.69) is 47.2 Å². The minimum Gasteiger partial charge on any atom is -0.598 e. The van der Waals surface area contributed by atoms with Gasteiger partial charge in [0.15, 0.2) is 6.29 Å². The van der Waals surface area contributed by atoms with Crippen molar-refractivity contribution in [2.24, 2.45) is 0 Å². The third-order valence-electron chi connectivity index (χ3n) is 7.13. The molecule has 0 spiro atoms. The van der Waals surface area contributed by atoms with Crippen LogP contribution in [0.1, 0.15) is 77.7 Å². The van der Waals surface area contributed by atoms with E-state index in [1.807, 2.05) is 20.8 Å². The molecular weight excluding hydrogens is 418 g/mol. The summed E-state index contributed by atoms with van der Waals surface area (Å²) in [4.78, 5) is 0. The Balaban J connectivity index is 1.67. The highest BCUT2D eigenvalue weighted by Gasteiger charge is 2.45. The van der Waals surface area contributed by atoms with E-state index in [0.29, 0.717) is 0 Å². The second-order valence-electron chi connectivity index (χ2n) is 10.4. The summed E-state index contributed by atoms with van der Waals surface area (Å²) >= 11 is -1.13. The molecule has 1 saturated heterocycles. The van der Waals surface area contributed by atoms with Gasteiger partial charge in [-0.25, -0.2) is 0 Å². The van der Waals surface area contributed by atoms with Gasteiger partial charge in [-0.05, 0) is 62.8 Å². The van der Waals surface area contributed by atoms with Gasteiger partial charge in [0.1, 0.15) is 4.75 Å². The maximum atomic E-state index is 13.3. The monoisotopic (exact) mass is 457 g/mol. The number of fused-ring (bicyclic) bond motifs is 1. The third kappa shape index (κ3) is 5.51. The zero-order chi connectivity index (χ0) is 22.6. The summed E-state index contributed by atoms with van der Waals surface area (Å²) in [6, 6.07) is 15.6. The maximum Gasteiger partial charge on any atom is 0.157 e. The molecule has 176 valence electrons. The van der Waals surface area contributed by atoms with Crippen LogP contribution in [0, 0.1) is 0 Å². The molecule has 1 heterocycles. The molecule has 2 aliphatic rings. The summed E-state index contributed by atoms with van der Waals surface area (Å²) in [5.41, 5.74) is 1.35. The Labute approximate surface area is 196 Å². The topological polar surface area (TPSA) is 53.5 Å². The van der Waals surface area contributed by atoms with Gasteiger partial charge < -0.3 is 14.0 Å². The van der Waals surface area contributed by atoms with Crippen LogP contribution >= 0.6 is 0 Å². The fourth-order valence-corrected chi connectivity index (χ4v) is 6.24. The van der Waals surface area contributed by atoms with Gasteiger partial charge in [-0.2, -0.15) is 0 Å². The van der Waals surface area contributed by atoms with E-state index in [1.165, 1.54) is 35.6 Å². The van der Waals surface area contributed by atoms with E-state index in [9.17, 15) is 4.55 Å². The molecule has 0 radical (unpaired) electrons. The lowest BCUT2D eigenvalue weighted by Crippen LogP contribution is -2.55. The lowest BCUT2D eigenvalue weighted by atomic mass is 9.64. The number of ether oxygens (including phenoxy) is 2. The Bertz CT molecular complexity index is 869. The first-order valence-electron chi connectivity index (χ1n) is 12.3. The van der Waals surface area contributed by atoms with Crippen LogP contribution in [0.4, 0.5) is 0 Å². The quantitative estimate of drug-likeness (QED) is 0.518. The van der Waals surface area contributed by atoms with E-state index in [-0.39, 0.29) is 22.5 Å². The highest BCUT2D eigenvalue weighted by Crippen LogP contribution is 2.45. The second kappa shape index (κ2) is 10.4. The van der Waals surface area contributed by atoms with E-state index in [1.54, 1.807) is 0 Å². The number of nitrogens with one attached hydrogen (secondary N) is 1. The molecule has 32 heavy (non-hydrogen) atoms. The Kier molecular flexibility index (Phi) is 7.84. The molecule has 1 aliphatic carbocycles. The number of hydrogen-bond donors (Lipinski definition) is 1. The molecule has 1 saturated carbocycles. The molecule has 1 aliphatic heterocycles. The smallest absolute Gasteiger partial charge is 0.157 e. The second-order valence-corrected chi connectivity index (χ2v) is 12.4. The molecule has 2 atom stereocenters. The minimum absolute atomic E-state index is 0.0299. The van der Waals surface area contributed by atoms with Crippen LogP contribution in [0.3, 0.4) is 0 Å². The van der Waals surface area contributed by atoms with Crippen LogP contribution in [0.5, 0.6) is 0 Å². The van der Waals surface area contributed by atoms with Gasteiger partial charge in [-0.3, -0.25) is 0 Å². The van der Waals surface area contributed by atoms with Gasteiger partial charge in [0.25, 0.3) is 0 Å². The molecule has 2 aromatic rings. The first-order chi connectivity index (χ1) is 15.4. The average molecular weight is 458 g/mol. The predicted octanol–water partition coefficient (Wildman–Crippen LogP) is 6.01. The van der Waals surface area contributed by atoms with Crippen LogP contribution in [0.15, 0.2) is 42.5 Å². The zero-order valence-corrected chi connectivity index (χ0v) is 20.7. The van der Waals surface area contributed by atoms with Crippen molar-refractivity contribution in [3.05, 3.63) is 48.0 Å². The molecule has 1 unspecified atom stereocenters. The fourth-order valence-electron chi connectivity index (χ4n) is 5.28.